The lowest BCUT2D eigenvalue weighted by atomic mass is 9.57. The molecule has 10 bridgehead atoms. The van der Waals surface area contributed by atoms with Crippen LogP contribution >= 0.6 is 0 Å². The van der Waals surface area contributed by atoms with Gasteiger partial charge in [-0.05, 0) is 195 Å². The van der Waals surface area contributed by atoms with Gasteiger partial charge >= 0.3 is 29.8 Å². The molecule has 20 saturated heterocycles. The van der Waals surface area contributed by atoms with Gasteiger partial charge in [0, 0.05) is 111 Å². The number of rotatable bonds is 21. The largest absolute Gasteiger partial charge is 0.469 e. The van der Waals surface area contributed by atoms with Crippen molar-refractivity contribution in [2.45, 2.75) is 424 Å². The standard InChI is InChI=1S/C26H39NO5.C21H34O5.C19H30O5.C17H24O7.C17H26O5/c1-5-27(6-2)15-19-8-10-20(11-9-19)16-28-24-18(4)22-12-7-17(3)21-13-14-23-29-25(30-24)26(21,22)32-31-23;1-4-6-8-15-17-10-9-14(3)16-11-13-20(12-7-5-2)24-19(23-18(15)22)21(16,17)26-25-20;1-4-5-6-7-13-15-9-8-12(2)14-10-11-18(3)22-17(21-16(13)20)19(14,15)24-23-18;1-9-4-5-12-10(8-13(18)20-3)14(19)21-15-17(12)11(9)6-7-16(2,22-15)23-24-17;1-10(2)9-16-7-6-13-11(3)4-5-12-8-14(18)19-15(20-16)17(12,13)22-21-16/h8-11,17-18,21-25H,5-7,12-16H2,1-4H3;14-17,19H,4-13H2,1-3H3;12-15,17H,4-11H2,1-3H3;9-12,15H,4-8H2,1-3H3;10-13,15H,4-9H2,1-3H3/t17-,18-,21+,22?,23-,24+,25?,26-;14-,15-,16+,17?,19?,20?,21?;12-,13-,14+,15?,17?,18?,19?;9-,10-,11+,12+,15-,16-,17-;11-,12?,13+,15?,16?,17?/m11111/s1. The van der Waals surface area contributed by atoms with Gasteiger partial charge in [0.2, 0.25) is 48.3 Å². The number of methoxy groups -OCH3 is 1. The van der Waals surface area contributed by atoms with Crippen LogP contribution < -0.4 is 0 Å². The van der Waals surface area contributed by atoms with Gasteiger partial charge in [0.1, 0.15) is 0 Å². The lowest BCUT2D eigenvalue weighted by molar-refractivity contribution is -0.564. The van der Waals surface area contributed by atoms with Crippen molar-refractivity contribution in [1.82, 2.24) is 4.90 Å². The van der Waals surface area contributed by atoms with E-state index in [1.54, 1.807) is 0 Å². The van der Waals surface area contributed by atoms with Crippen molar-refractivity contribution >= 4 is 29.8 Å². The minimum absolute atomic E-state index is 0.00377. The summed E-state index contributed by atoms with van der Waals surface area (Å²) in [6.07, 6.45) is 27.0. The predicted octanol–water partition coefficient (Wildman–Crippen LogP) is 18.7. The zero-order valence-corrected chi connectivity index (χ0v) is 79.5. The van der Waals surface area contributed by atoms with E-state index < -0.39 is 100 Å². The molecule has 20 aliphatic heterocycles. The summed E-state index contributed by atoms with van der Waals surface area (Å²) in [6, 6.07) is 8.77. The van der Waals surface area contributed by atoms with Crippen LogP contribution in [-0.2, 0) is 143 Å². The molecule has 0 N–H and O–H groups in total. The fraction of sp³-hybridized carbons (Fsp3) is 0.890. The fourth-order valence-corrected chi connectivity index (χ4v) is 28.3. The number of esters is 5. The van der Waals surface area contributed by atoms with Crippen molar-refractivity contribution in [3.05, 3.63) is 35.4 Å². The molecule has 28 heteroatoms. The molecule has 5 spiro atoms. The first-order valence-corrected chi connectivity index (χ1v) is 50.6. The highest BCUT2D eigenvalue weighted by molar-refractivity contribution is 5.81. The highest BCUT2D eigenvalue weighted by Gasteiger charge is 2.76. The first-order valence-electron chi connectivity index (χ1n) is 50.6. The number of fused-ring (bicyclic) bond motifs is 10. The molecular formula is C100H153NO27. The molecule has 0 radical (unpaired) electrons. The van der Waals surface area contributed by atoms with Gasteiger partial charge in [-0.3, -0.25) is 28.9 Å². The Balaban J connectivity index is 0.000000113. The molecule has 25 aliphatic rings. The third-order valence-electron chi connectivity index (χ3n) is 35.3. The summed E-state index contributed by atoms with van der Waals surface area (Å²) in [5.74, 6) is 0.220. The van der Waals surface area contributed by atoms with Crippen LogP contribution in [0.2, 0.25) is 0 Å². The quantitative estimate of drug-likeness (QED) is 0.0478. The monoisotopic (exact) mass is 1800 g/mol. The van der Waals surface area contributed by atoms with Gasteiger partial charge in [-0.15, -0.1) is 0 Å². The smallest absolute Gasteiger partial charge is 0.312 e. The average Bonchev–Trinajstić information content (AvgIpc) is 1.42. The molecule has 5 saturated carbocycles. The molecule has 0 amide bonds. The van der Waals surface area contributed by atoms with Gasteiger partial charge in [-0.2, -0.15) is 0 Å². The maximum absolute atomic E-state index is 12.8. The lowest BCUT2D eigenvalue weighted by Gasteiger charge is -2.59. The summed E-state index contributed by atoms with van der Waals surface area (Å²) in [5.41, 5.74) is -0.653. The van der Waals surface area contributed by atoms with Gasteiger partial charge in [-0.1, -0.05) is 153 Å². The topological polar surface area (TPSA) is 292 Å². The normalized spacial score (nSPS) is 47.2. The van der Waals surface area contributed by atoms with E-state index in [-0.39, 0.29) is 84.3 Å². The molecular weight excluding hydrogens is 1650 g/mol. The first-order chi connectivity index (χ1) is 61.4. The van der Waals surface area contributed by atoms with E-state index >= 15 is 0 Å². The first kappa shape index (κ1) is 95.6. The van der Waals surface area contributed by atoms with E-state index in [1.165, 1.54) is 24.7 Å². The lowest BCUT2D eigenvalue weighted by Crippen LogP contribution is -2.70. The van der Waals surface area contributed by atoms with Crippen molar-refractivity contribution in [3.8, 4) is 0 Å². The van der Waals surface area contributed by atoms with E-state index in [4.69, 9.17) is 106 Å². The molecule has 1 aromatic rings. The average molecular weight is 1800 g/mol. The van der Waals surface area contributed by atoms with Crippen molar-refractivity contribution in [2.75, 3.05) is 20.2 Å². The molecule has 25 fully saturated rings. The van der Waals surface area contributed by atoms with Crippen LogP contribution in [0.25, 0.3) is 0 Å². The van der Waals surface area contributed by atoms with Crippen LogP contribution in [0.15, 0.2) is 24.3 Å². The van der Waals surface area contributed by atoms with Gasteiger partial charge < -0.3 is 56.8 Å². The SMILES string of the molecule is CC(C)CC12CC[C@H]3[C@H](C)CCC4CC(=O)OC(O1)C43OO2.CCCCC[C@H]1C(=O)OC2OC3(C)CC[C@H]4[C@H](C)CCC1C24OO3.CCCC[C@H]1C(=O)OC2OC3(CCCC)CC[C@H]4[C@H](C)CCC1C24OO3.CCN(CC)Cc1ccc(CO[C@H]2OC3O[C@H]4CC[C@H]5[C@H](C)CCC([C@H]2C)[C@@]35OO4)cc1.COC(=O)C[C@H]1C(=O)O[C@@H]2O[C@@]3(C)CC[C@H]4[C@H](C)CC[C@@H]1[C@@]24OO3. The zero-order chi connectivity index (χ0) is 90.3. The highest BCUT2D eigenvalue weighted by atomic mass is 17.3. The number of hydrogen-bond acceptors (Lipinski definition) is 28. The maximum atomic E-state index is 12.8. The summed E-state index contributed by atoms with van der Waals surface area (Å²) in [7, 11) is 1.32. The predicted molar refractivity (Wildman–Crippen MR) is 459 cm³/mol. The van der Waals surface area contributed by atoms with E-state index in [0.29, 0.717) is 84.5 Å². The summed E-state index contributed by atoms with van der Waals surface area (Å²) in [5, 5.41) is 0. The highest BCUT2D eigenvalue weighted by Crippen LogP contribution is 2.67. The Bertz CT molecular complexity index is 4000. The molecule has 20 heterocycles. The van der Waals surface area contributed by atoms with Crippen molar-refractivity contribution in [1.29, 1.82) is 0 Å². The molecule has 35 atom stereocenters. The Kier molecular flexibility index (Phi) is 28.7. The van der Waals surface area contributed by atoms with Crippen LogP contribution in [0.5, 0.6) is 0 Å². The second-order valence-electron chi connectivity index (χ2n) is 43.5. The minimum Gasteiger partial charge on any atom is -0.469 e. The molecule has 5 aliphatic carbocycles. The number of ether oxygens (including phenoxy) is 12. The molecule has 28 nitrogen and oxygen atoms in total. The number of hydrogen-bond donors (Lipinski definition) is 0. The van der Waals surface area contributed by atoms with Crippen molar-refractivity contribution in [3.63, 3.8) is 0 Å². The number of unbranched alkanes of at least 4 members (excludes halogenated alkanes) is 4. The van der Waals surface area contributed by atoms with Gasteiger partial charge in [-0.25, -0.2) is 48.9 Å². The van der Waals surface area contributed by atoms with Crippen LogP contribution in [0.4, 0.5) is 0 Å². The van der Waals surface area contributed by atoms with Crippen LogP contribution in [0.3, 0.4) is 0 Å². The third-order valence-corrected chi connectivity index (χ3v) is 35.3. The van der Waals surface area contributed by atoms with E-state index in [1.807, 2.05) is 13.8 Å². The Hall–Kier alpha value is -4.15. The molecule has 1 aromatic carbocycles. The zero-order valence-electron chi connectivity index (χ0n) is 79.5. The Morgan fingerprint density at radius 2 is 0.898 bits per heavy atom. The number of carbonyl (C=O) groups is 5. The van der Waals surface area contributed by atoms with E-state index in [2.05, 4.69) is 119 Å². The maximum Gasteiger partial charge on any atom is 0.312 e. The van der Waals surface area contributed by atoms with E-state index in [9.17, 15) is 24.0 Å². The Labute approximate surface area is 758 Å². The van der Waals surface area contributed by atoms with Crippen molar-refractivity contribution < 1.29 is 130 Å². The number of carbonyl (C=O) groups excluding carboxylic acids is 5. The summed E-state index contributed by atoms with van der Waals surface area (Å²) in [6.45, 7) is 36.2. The van der Waals surface area contributed by atoms with Crippen LogP contribution in [-0.4, -0.2) is 150 Å². The van der Waals surface area contributed by atoms with Gasteiger partial charge in [0.25, 0.3) is 0 Å². The van der Waals surface area contributed by atoms with Gasteiger partial charge in [0.05, 0.1) is 44.3 Å². The third kappa shape index (κ3) is 17.2. The van der Waals surface area contributed by atoms with Crippen LogP contribution in [0.1, 0.15) is 327 Å². The summed E-state index contributed by atoms with van der Waals surface area (Å²) < 4.78 is 71.6. The Morgan fingerprint density at radius 3 is 1.46 bits per heavy atom. The molecule has 128 heavy (non-hydrogen) atoms. The van der Waals surface area contributed by atoms with Crippen LogP contribution in [0, 0.1) is 118 Å². The number of nitrogens with zero attached hydrogens (tertiary/aromatic N) is 1. The Morgan fingerprint density at radius 1 is 0.445 bits per heavy atom. The second-order valence-corrected chi connectivity index (χ2v) is 43.5. The fourth-order valence-electron chi connectivity index (χ4n) is 28.3. The molecule has 720 valence electrons. The minimum atomic E-state index is -0.896. The van der Waals surface area contributed by atoms with Crippen molar-refractivity contribution in [2.24, 2.45) is 118 Å². The molecule has 14 unspecified atom stereocenters. The number of benzene rings is 1. The summed E-state index contributed by atoms with van der Waals surface area (Å²) >= 11 is 0. The molecule has 0 aromatic heterocycles. The van der Waals surface area contributed by atoms with E-state index in [0.717, 1.165) is 206 Å². The second kappa shape index (κ2) is 38.4. The molecule has 26 rings (SSSR count). The van der Waals surface area contributed by atoms with Gasteiger partial charge in [0.15, 0.2) is 46.9 Å². The summed E-state index contributed by atoms with van der Waals surface area (Å²) in [4.78, 5) is 124.